The third-order valence-electron chi connectivity index (χ3n) is 2.34. The van der Waals surface area contributed by atoms with E-state index in [4.69, 9.17) is 0 Å². The molecule has 0 bridgehead atoms. The second-order valence-corrected chi connectivity index (χ2v) is 5.71. The second-order valence-electron chi connectivity index (χ2n) is 4.96. The van der Waals surface area contributed by atoms with Crippen LogP contribution in [-0.2, 0) is 12.0 Å². The predicted molar refractivity (Wildman–Crippen MR) is 70.1 cm³/mol. The Hall–Kier alpha value is -1.56. The zero-order valence-electron chi connectivity index (χ0n) is 10.6. The van der Waals surface area contributed by atoms with Gasteiger partial charge in [0.25, 0.3) is 0 Å². The number of hydrogen-bond acceptors (Lipinski definition) is 5. The average Bonchev–Trinajstić information content (AvgIpc) is 2.76. The molecule has 2 rings (SSSR count). The average molecular weight is 266 g/mol. The predicted octanol–water partition coefficient (Wildman–Crippen LogP) is 2.98. The molecule has 96 valence electrons. The molecule has 1 N–H and O–H groups in total. The van der Waals surface area contributed by atoms with Gasteiger partial charge in [-0.05, 0) is 12.1 Å². The van der Waals surface area contributed by atoms with Gasteiger partial charge in [0, 0.05) is 23.1 Å². The largest absolute Gasteiger partial charge is 0.355 e. The number of anilines is 1. The first-order chi connectivity index (χ1) is 8.47. The maximum atomic E-state index is 13.4. The van der Waals surface area contributed by atoms with E-state index in [-0.39, 0.29) is 11.2 Å². The molecule has 0 fully saturated rings. The van der Waals surface area contributed by atoms with Crippen molar-refractivity contribution in [3.63, 3.8) is 0 Å². The minimum atomic E-state index is -0.314. The molecule has 0 radical (unpaired) electrons. The number of hydrogen-bond donors (Lipinski definition) is 1. The summed E-state index contributed by atoms with van der Waals surface area (Å²) in [5.41, 5.74) is 0.303. The molecule has 4 nitrogen and oxygen atoms in total. The van der Waals surface area contributed by atoms with Crippen LogP contribution in [0.15, 0.2) is 18.3 Å². The zero-order chi connectivity index (χ0) is 13.2. The van der Waals surface area contributed by atoms with Gasteiger partial charge in [0.2, 0.25) is 5.13 Å². The van der Waals surface area contributed by atoms with Crippen LogP contribution in [0, 0.1) is 5.82 Å². The first kappa shape index (κ1) is 12.9. The molecule has 0 aliphatic heterocycles. The molecular weight excluding hydrogens is 251 g/mol. The standard InChI is InChI=1S/C12H15FN4S/c1-12(2,3)10-16-11(18-17-10)15-7-9-8(13)5-4-6-14-9/h4-6H,7H2,1-3H3,(H,15,16,17). The van der Waals surface area contributed by atoms with Gasteiger partial charge in [-0.2, -0.15) is 4.37 Å². The molecule has 2 heterocycles. The summed E-state index contributed by atoms with van der Waals surface area (Å²) in [5.74, 6) is 0.474. The summed E-state index contributed by atoms with van der Waals surface area (Å²) >= 11 is 1.28. The molecule has 0 saturated heterocycles. The fraction of sp³-hybridized carbons (Fsp3) is 0.417. The lowest BCUT2D eigenvalue weighted by molar-refractivity contribution is 0.555. The fourth-order valence-electron chi connectivity index (χ4n) is 1.31. The normalized spacial score (nSPS) is 11.6. The van der Waals surface area contributed by atoms with Gasteiger partial charge in [-0.25, -0.2) is 9.37 Å². The van der Waals surface area contributed by atoms with Gasteiger partial charge in [-0.15, -0.1) is 0 Å². The van der Waals surface area contributed by atoms with Crippen molar-refractivity contribution >= 4 is 16.7 Å². The van der Waals surface area contributed by atoms with E-state index in [0.29, 0.717) is 17.4 Å². The number of pyridine rings is 1. The van der Waals surface area contributed by atoms with Gasteiger partial charge in [0.15, 0.2) is 0 Å². The van der Waals surface area contributed by atoms with Crippen LogP contribution in [0.25, 0.3) is 0 Å². The minimum absolute atomic E-state index is 0.0767. The van der Waals surface area contributed by atoms with Crippen LogP contribution < -0.4 is 5.32 Å². The molecule has 0 spiro atoms. The minimum Gasteiger partial charge on any atom is -0.355 e. The highest BCUT2D eigenvalue weighted by Gasteiger charge is 2.19. The maximum Gasteiger partial charge on any atom is 0.202 e. The molecule has 0 aliphatic rings. The van der Waals surface area contributed by atoms with Gasteiger partial charge in [0.05, 0.1) is 12.2 Å². The summed E-state index contributed by atoms with van der Waals surface area (Å²) in [7, 11) is 0. The first-order valence-corrected chi connectivity index (χ1v) is 6.41. The summed E-state index contributed by atoms with van der Waals surface area (Å²) in [6, 6.07) is 2.96. The number of halogens is 1. The number of nitrogens with one attached hydrogen (secondary N) is 1. The number of nitrogens with zero attached hydrogens (tertiary/aromatic N) is 3. The van der Waals surface area contributed by atoms with Crippen molar-refractivity contribution in [1.82, 2.24) is 14.3 Å². The molecule has 0 saturated carbocycles. The van der Waals surface area contributed by atoms with Crippen molar-refractivity contribution < 1.29 is 4.39 Å². The Morgan fingerprint density at radius 2 is 2.17 bits per heavy atom. The van der Waals surface area contributed by atoms with Crippen molar-refractivity contribution in [2.45, 2.75) is 32.7 Å². The fourth-order valence-corrected chi connectivity index (χ4v) is 2.06. The van der Waals surface area contributed by atoms with Crippen LogP contribution in [0.4, 0.5) is 9.52 Å². The van der Waals surface area contributed by atoms with Crippen molar-refractivity contribution in [3.05, 3.63) is 35.7 Å². The summed E-state index contributed by atoms with van der Waals surface area (Å²) in [6.07, 6.45) is 1.57. The molecule has 18 heavy (non-hydrogen) atoms. The molecule has 0 aromatic carbocycles. The molecule has 2 aromatic rings. The quantitative estimate of drug-likeness (QED) is 0.928. The third kappa shape index (κ3) is 3.01. The van der Waals surface area contributed by atoms with Gasteiger partial charge >= 0.3 is 0 Å². The van der Waals surface area contributed by atoms with E-state index in [1.54, 1.807) is 12.3 Å². The van der Waals surface area contributed by atoms with Gasteiger partial charge in [0.1, 0.15) is 11.6 Å². The van der Waals surface area contributed by atoms with E-state index in [2.05, 4.69) is 40.4 Å². The topological polar surface area (TPSA) is 50.7 Å². The summed E-state index contributed by atoms with van der Waals surface area (Å²) in [5, 5.41) is 3.72. The summed E-state index contributed by atoms with van der Waals surface area (Å²) in [4.78, 5) is 8.34. The molecule has 0 aliphatic carbocycles. The van der Waals surface area contributed by atoms with E-state index < -0.39 is 0 Å². The van der Waals surface area contributed by atoms with Crippen molar-refractivity contribution in [2.24, 2.45) is 0 Å². The Balaban J connectivity index is 2.03. The van der Waals surface area contributed by atoms with E-state index in [0.717, 1.165) is 5.82 Å². The van der Waals surface area contributed by atoms with E-state index in [1.807, 2.05) is 0 Å². The first-order valence-electron chi connectivity index (χ1n) is 5.64. The second kappa shape index (κ2) is 4.97. The Morgan fingerprint density at radius 1 is 1.39 bits per heavy atom. The SMILES string of the molecule is CC(C)(C)c1nsc(NCc2ncccc2F)n1. The molecule has 0 unspecified atom stereocenters. The van der Waals surface area contributed by atoms with E-state index in [1.165, 1.54) is 17.6 Å². The lowest BCUT2D eigenvalue weighted by Crippen LogP contribution is -2.13. The van der Waals surface area contributed by atoms with Gasteiger partial charge in [-0.1, -0.05) is 20.8 Å². The number of rotatable bonds is 3. The van der Waals surface area contributed by atoms with Crippen LogP contribution in [0.3, 0.4) is 0 Å². The molecule has 6 heteroatoms. The Labute approximate surface area is 109 Å². The Morgan fingerprint density at radius 3 is 2.78 bits per heavy atom. The molecule has 2 aromatic heterocycles. The third-order valence-corrected chi connectivity index (χ3v) is 3.01. The summed E-state index contributed by atoms with van der Waals surface area (Å²) < 4.78 is 17.6. The van der Waals surface area contributed by atoms with Crippen LogP contribution in [0.1, 0.15) is 32.3 Å². The van der Waals surface area contributed by atoms with Crippen LogP contribution >= 0.6 is 11.5 Å². The zero-order valence-corrected chi connectivity index (χ0v) is 11.4. The lowest BCUT2D eigenvalue weighted by atomic mass is 9.96. The molecular formula is C12H15FN4S. The lowest BCUT2D eigenvalue weighted by Gasteiger charge is -2.12. The van der Waals surface area contributed by atoms with Crippen molar-refractivity contribution in [1.29, 1.82) is 0 Å². The van der Waals surface area contributed by atoms with Gasteiger partial charge < -0.3 is 5.32 Å². The maximum absolute atomic E-state index is 13.4. The monoisotopic (exact) mass is 266 g/mol. The van der Waals surface area contributed by atoms with E-state index in [9.17, 15) is 4.39 Å². The van der Waals surface area contributed by atoms with Crippen LogP contribution in [-0.4, -0.2) is 14.3 Å². The highest BCUT2D eigenvalue weighted by molar-refractivity contribution is 7.09. The smallest absolute Gasteiger partial charge is 0.202 e. The highest BCUT2D eigenvalue weighted by Crippen LogP contribution is 2.23. The van der Waals surface area contributed by atoms with Crippen molar-refractivity contribution in [3.8, 4) is 0 Å². The molecule has 0 atom stereocenters. The number of aromatic nitrogens is 3. The van der Waals surface area contributed by atoms with Crippen molar-refractivity contribution in [2.75, 3.05) is 5.32 Å². The highest BCUT2D eigenvalue weighted by atomic mass is 32.1. The molecule has 0 amide bonds. The van der Waals surface area contributed by atoms with Crippen LogP contribution in [0.2, 0.25) is 0 Å². The van der Waals surface area contributed by atoms with E-state index >= 15 is 0 Å². The Kier molecular flexibility index (Phi) is 3.56. The van der Waals surface area contributed by atoms with Gasteiger partial charge in [-0.3, -0.25) is 4.98 Å². The summed E-state index contributed by atoms with van der Waals surface area (Å²) in [6.45, 7) is 6.47. The Bertz CT molecular complexity index is 533. The van der Waals surface area contributed by atoms with Crippen LogP contribution in [0.5, 0.6) is 0 Å².